The third-order valence-electron chi connectivity index (χ3n) is 4.35. The predicted octanol–water partition coefficient (Wildman–Crippen LogP) is 1.07. The van der Waals surface area contributed by atoms with Gasteiger partial charge in [-0.25, -0.2) is 4.79 Å². The van der Waals surface area contributed by atoms with Crippen molar-refractivity contribution in [2.45, 2.75) is 52.1 Å². The number of carbonyl (C=O) groups excluding carboxylic acids is 2. The molecule has 2 rings (SSSR count). The van der Waals surface area contributed by atoms with Crippen molar-refractivity contribution in [3.8, 4) is 0 Å². The lowest BCUT2D eigenvalue weighted by Gasteiger charge is -2.47. The monoisotopic (exact) mass is 337 g/mol. The molecule has 134 valence electrons. The summed E-state index contributed by atoms with van der Waals surface area (Å²) in [5.41, 5.74) is 4.99. The standard InChI is InChI=1S/C16H27N5O3/c1-11-4-15(2,3)9-16(5-11,10-22)20-14(24)19-12-6-18-21(7-12)8-13(17)23/h6-7,11,22H,4-5,8-10H2,1-3H3,(H2,17,23)(H2,19,20,24). The number of carbonyl (C=O) groups is 2. The molecule has 1 saturated carbocycles. The van der Waals surface area contributed by atoms with Crippen molar-refractivity contribution in [1.29, 1.82) is 0 Å². The second-order valence-corrected chi connectivity index (χ2v) is 7.76. The van der Waals surface area contributed by atoms with E-state index in [1.54, 1.807) is 0 Å². The zero-order valence-electron chi connectivity index (χ0n) is 14.5. The lowest BCUT2D eigenvalue weighted by molar-refractivity contribution is -0.118. The number of amides is 3. The van der Waals surface area contributed by atoms with Crippen LogP contribution in [0, 0.1) is 11.3 Å². The number of hydrogen-bond donors (Lipinski definition) is 4. The second kappa shape index (κ2) is 6.80. The van der Waals surface area contributed by atoms with Gasteiger partial charge in [-0.05, 0) is 30.6 Å². The highest BCUT2D eigenvalue weighted by atomic mass is 16.3. The lowest BCUT2D eigenvalue weighted by Crippen LogP contribution is -2.58. The number of nitrogens with zero attached hydrogens (tertiary/aromatic N) is 2. The van der Waals surface area contributed by atoms with Gasteiger partial charge in [-0.2, -0.15) is 5.10 Å². The summed E-state index contributed by atoms with van der Waals surface area (Å²) < 4.78 is 1.35. The number of urea groups is 1. The summed E-state index contributed by atoms with van der Waals surface area (Å²) in [4.78, 5) is 23.2. The number of rotatable bonds is 5. The first-order chi connectivity index (χ1) is 11.1. The number of aliphatic hydroxyl groups excluding tert-OH is 1. The zero-order valence-corrected chi connectivity index (χ0v) is 14.5. The summed E-state index contributed by atoms with van der Waals surface area (Å²) >= 11 is 0. The van der Waals surface area contributed by atoms with Crippen LogP contribution in [0.5, 0.6) is 0 Å². The molecule has 3 amide bonds. The van der Waals surface area contributed by atoms with E-state index in [0.29, 0.717) is 11.6 Å². The Hall–Kier alpha value is -2.09. The second-order valence-electron chi connectivity index (χ2n) is 7.76. The molecule has 1 heterocycles. The molecule has 0 spiro atoms. The van der Waals surface area contributed by atoms with E-state index in [-0.39, 0.29) is 18.6 Å². The van der Waals surface area contributed by atoms with Crippen LogP contribution in [0.25, 0.3) is 0 Å². The molecule has 8 nitrogen and oxygen atoms in total. The van der Waals surface area contributed by atoms with Gasteiger partial charge >= 0.3 is 6.03 Å². The van der Waals surface area contributed by atoms with Gasteiger partial charge in [-0.1, -0.05) is 20.8 Å². The van der Waals surface area contributed by atoms with Gasteiger partial charge in [0.1, 0.15) is 6.54 Å². The number of nitrogens with one attached hydrogen (secondary N) is 2. The first-order valence-electron chi connectivity index (χ1n) is 8.14. The predicted molar refractivity (Wildman–Crippen MR) is 90.2 cm³/mol. The quantitative estimate of drug-likeness (QED) is 0.642. The van der Waals surface area contributed by atoms with Gasteiger partial charge in [-0.15, -0.1) is 0 Å². The van der Waals surface area contributed by atoms with Crippen LogP contribution in [-0.2, 0) is 11.3 Å². The van der Waals surface area contributed by atoms with Gasteiger partial charge in [0.2, 0.25) is 5.91 Å². The molecule has 1 aromatic rings. The Kier molecular flexibility index (Phi) is 5.17. The number of hydrogen-bond acceptors (Lipinski definition) is 4. The third-order valence-corrected chi connectivity index (χ3v) is 4.35. The summed E-state index contributed by atoms with van der Waals surface area (Å²) in [7, 11) is 0. The van der Waals surface area contributed by atoms with Gasteiger partial charge in [0.05, 0.1) is 24.0 Å². The molecule has 2 atom stereocenters. The molecular formula is C16H27N5O3. The fourth-order valence-corrected chi connectivity index (χ4v) is 4.08. The average molecular weight is 337 g/mol. The minimum absolute atomic E-state index is 0.0461. The maximum absolute atomic E-state index is 12.3. The molecule has 1 fully saturated rings. The van der Waals surface area contributed by atoms with E-state index < -0.39 is 17.5 Å². The van der Waals surface area contributed by atoms with Crippen molar-refractivity contribution < 1.29 is 14.7 Å². The van der Waals surface area contributed by atoms with Crippen LogP contribution in [0.15, 0.2) is 12.4 Å². The normalized spacial score (nSPS) is 25.9. The molecule has 0 aliphatic heterocycles. The molecular weight excluding hydrogens is 310 g/mol. The van der Waals surface area contributed by atoms with Crippen molar-refractivity contribution in [2.24, 2.45) is 17.1 Å². The Morgan fingerprint density at radius 2 is 2.17 bits per heavy atom. The average Bonchev–Trinajstić information content (AvgIpc) is 2.82. The van der Waals surface area contributed by atoms with E-state index >= 15 is 0 Å². The van der Waals surface area contributed by atoms with Crippen molar-refractivity contribution >= 4 is 17.6 Å². The molecule has 1 aromatic heterocycles. The SMILES string of the molecule is CC1CC(C)(C)CC(CO)(NC(=O)Nc2cnn(CC(N)=O)c2)C1. The maximum atomic E-state index is 12.3. The van der Waals surface area contributed by atoms with Crippen molar-refractivity contribution in [3.05, 3.63) is 12.4 Å². The van der Waals surface area contributed by atoms with Crippen LogP contribution >= 0.6 is 0 Å². The third kappa shape index (κ3) is 4.70. The van der Waals surface area contributed by atoms with E-state index in [1.807, 2.05) is 0 Å². The van der Waals surface area contributed by atoms with Crippen LogP contribution < -0.4 is 16.4 Å². The topological polar surface area (TPSA) is 122 Å². The summed E-state index contributed by atoms with van der Waals surface area (Å²) in [6.07, 6.45) is 5.50. The van der Waals surface area contributed by atoms with E-state index in [0.717, 1.165) is 19.3 Å². The smallest absolute Gasteiger partial charge is 0.319 e. The molecule has 2 unspecified atom stereocenters. The summed E-state index contributed by atoms with van der Waals surface area (Å²) in [6, 6.07) is -0.396. The first-order valence-corrected chi connectivity index (χ1v) is 8.14. The van der Waals surface area contributed by atoms with Crippen LogP contribution in [0.2, 0.25) is 0 Å². The zero-order chi connectivity index (χ0) is 18.0. The van der Waals surface area contributed by atoms with Gasteiger partial charge in [-0.3, -0.25) is 9.48 Å². The summed E-state index contributed by atoms with van der Waals surface area (Å²) in [5.74, 6) is -0.0914. The molecule has 0 aromatic carbocycles. The minimum atomic E-state index is -0.630. The summed E-state index contributed by atoms with van der Waals surface area (Å²) in [6.45, 7) is 6.30. The lowest BCUT2D eigenvalue weighted by atomic mass is 9.64. The Bertz CT molecular complexity index is 613. The Balaban J connectivity index is 2.01. The van der Waals surface area contributed by atoms with E-state index in [2.05, 4.69) is 36.5 Å². The maximum Gasteiger partial charge on any atom is 0.319 e. The number of aromatic nitrogens is 2. The Morgan fingerprint density at radius 3 is 2.75 bits per heavy atom. The molecule has 1 aliphatic rings. The highest BCUT2D eigenvalue weighted by molar-refractivity contribution is 5.89. The first kappa shape index (κ1) is 18.3. The number of nitrogens with two attached hydrogens (primary N) is 1. The van der Waals surface area contributed by atoms with Crippen molar-refractivity contribution in [1.82, 2.24) is 15.1 Å². The van der Waals surface area contributed by atoms with E-state index in [9.17, 15) is 14.7 Å². The van der Waals surface area contributed by atoms with Crippen LogP contribution in [-0.4, -0.2) is 39.0 Å². The van der Waals surface area contributed by atoms with Crippen LogP contribution in [0.1, 0.15) is 40.0 Å². The van der Waals surface area contributed by atoms with Gasteiger partial charge < -0.3 is 21.5 Å². The molecule has 5 N–H and O–H groups in total. The summed E-state index contributed by atoms with van der Waals surface area (Å²) in [5, 5.41) is 19.5. The van der Waals surface area contributed by atoms with Crippen molar-refractivity contribution in [2.75, 3.05) is 11.9 Å². The highest BCUT2D eigenvalue weighted by Gasteiger charge is 2.43. The number of primary amides is 1. The van der Waals surface area contributed by atoms with Gasteiger partial charge in [0.15, 0.2) is 0 Å². The van der Waals surface area contributed by atoms with Crippen LogP contribution in [0.4, 0.5) is 10.5 Å². The van der Waals surface area contributed by atoms with Gasteiger partial charge in [0, 0.05) is 6.20 Å². The minimum Gasteiger partial charge on any atom is -0.394 e. The molecule has 1 aliphatic carbocycles. The Labute approximate surface area is 141 Å². The number of anilines is 1. The molecule has 0 radical (unpaired) electrons. The Morgan fingerprint density at radius 1 is 1.46 bits per heavy atom. The molecule has 8 heteroatoms. The van der Waals surface area contributed by atoms with Crippen LogP contribution in [0.3, 0.4) is 0 Å². The fraction of sp³-hybridized carbons (Fsp3) is 0.688. The van der Waals surface area contributed by atoms with E-state index in [4.69, 9.17) is 5.73 Å². The largest absolute Gasteiger partial charge is 0.394 e. The fourth-order valence-electron chi connectivity index (χ4n) is 4.08. The molecule has 24 heavy (non-hydrogen) atoms. The van der Waals surface area contributed by atoms with Gasteiger partial charge in [0.25, 0.3) is 0 Å². The highest BCUT2D eigenvalue weighted by Crippen LogP contribution is 2.43. The van der Waals surface area contributed by atoms with Crippen molar-refractivity contribution in [3.63, 3.8) is 0 Å². The van der Waals surface area contributed by atoms with E-state index in [1.165, 1.54) is 17.1 Å². The molecule has 0 bridgehead atoms. The number of aliphatic hydroxyl groups is 1. The molecule has 0 saturated heterocycles.